The van der Waals surface area contributed by atoms with Gasteiger partial charge in [-0.15, -0.1) is 0 Å². The number of nitrogens with one attached hydrogen (secondary N) is 1. The molecule has 0 aliphatic carbocycles. The van der Waals surface area contributed by atoms with Crippen LogP contribution in [0, 0.1) is 5.92 Å². The first-order chi connectivity index (χ1) is 8.16. The van der Waals surface area contributed by atoms with Gasteiger partial charge >= 0.3 is 0 Å². The molecule has 17 heavy (non-hydrogen) atoms. The van der Waals surface area contributed by atoms with Gasteiger partial charge in [-0.2, -0.15) is 0 Å². The van der Waals surface area contributed by atoms with Crippen molar-refractivity contribution < 1.29 is 9.59 Å². The summed E-state index contributed by atoms with van der Waals surface area (Å²) in [6.45, 7) is 6.49. The van der Waals surface area contributed by atoms with E-state index in [1.807, 2.05) is 9.80 Å². The highest BCUT2D eigenvalue weighted by atomic mass is 16.2. The van der Waals surface area contributed by atoms with E-state index in [0.717, 1.165) is 32.6 Å². The molecule has 0 radical (unpaired) electrons. The maximum atomic E-state index is 12.0. The molecule has 0 unspecified atom stereocenters. The topological polar surface area (TPSA) is 52.7 Å². The SMILES string of the molecule is CC(=O)N1CCCN(C(=O)CC2CNC2)CC1. The minimum atomic E-state index is 0.113. The van der Waals surface area contributed by atoms with Gasteiger partial charge in [0.2, 0.25) is 11.8 Å². The lowest BCUT2D eigenvalue weighted by molar-refractivity contribution is -0.133. The van der Waals surface area contributed by atoms with Gasteiger partial charge < -0.3 is 15.1 Å². The minimum absolute atomic E-state index is 0.113. The molecule has 0 spiro atoms. The van der Waals surface area contributed by atoms with E-state index in [-0.39, 0.29) is 11.8 Å². The van der Waals surface area contributed by atoms with E-state index in [4.69, 9.17) is 0 Å². The van der Waals surface area contributed by atoms with E-state index >= 15 is 0 Å². The van der Waals surface area contributed by atoms with Crippen molar-refractivity contribution >= 4 is 11.8 Å². The third kappa shape index (κ3) is 3.19. The molecule has 0 atom stereocenters. The average Bonchev–Trinajstić information content (AvgIpc) is 2.48. The van der Waals surface area contributed by atoms with Crippen LogP contribution in [0.15, 0.2) is 0 Å². The van der Waals surface area contributed by atoms with Crippen LogP contribution in [-0.2, 0) is 9.59 Å². The maximum absolute atomic E-state index is 12.0. The van der Waals surface area contributed by atoms with Gasteiger partial charge in [0.15, 0.2) is 0 Å². The van der Waals surface area contributed by atoms with E-state index in [0.29, 0.717) is 25.4 Å². The molecule has 0 aromatic carbocycles. The van der Waals surface area contributed by atoms with Gasteiger partial charge in [0.25, 0.3) is 0 Å². The average molecular weight is 239 g/mol. The Morgan fingerprint density at radius 1 is 1.12 bits per heavy atom. The fourth-order valence-electron chi connectivity index (χ4n) is 2.35. The Morgan fingerprint density at radius 3 is 2.35 bits per heavy atom. The summed E-state index contributed by atoms with van der Waals surface area (Å²) in [5, 5.41) is 3.18. The number of carbonyl (C=O) groups excluding carboxylic acids is 2. The van der Waals surface area contributed by atoms with Crippen molar-refractivity contribution in [2.24, 2.45) is 5.92 Å². The fourth-order valence-corrected chi connectivity index (χ4v) is 2.35. The Morgan fingerprint density at radius 2 is 1.76 bits per heavy atom. The second-order valence-electron chi connectivity index (χ2n) is 4.97. The summed E-state index contributed by atoms with van der Waals surface area (Å²) in [7, 11) is 0. The molecular weight excluding hydrogens is 218 g/mol. The summed E-state index contributed by atoms with van der Waals surface area (Å²) < 4.78 is 0. The van der Waals surface area contributed by atoms with Gasteiger partial charge in [-0.05, 0) is 25.4 Å². The van der Waals surface area contributed by atoms with Crippen LogP contribution in [0.1, 0.15) is 19.8 Å². The number of hydrogen-bond donors (Lipinski definition) is 1. The Labute approximate surface area is 102 Å². The molecule has 5 heteroatoms. The van der Waals surface area contributed by atoms with Gasteiger partial charge in [-0.25, -0.2) is 0 Å². The van der Waals surface area contributed by atoms with Crippen LogP contribution in [0.2, 0.25) is 0 Å². The number of nitrogens with zero attached hydrogens (tertiary/aromatic N) is 2. The number of carbonyl (C=O) groups is 2. The third-order valence-electron chi connectivity index (χ3n) is 3.62. The standard InChI is InChI=1S/C12H21N3O2/c1-10(16)14-3-2-4-15(6-5-14)12(17)7-11-8-13-9-11/h11,13H,2-9H2,1H3. The van der Waals surface area contributed by atoms with Gasteiger partial charge in [-0.1, -0.05) is 0 Å². The third-order valence-corrected chi connectivity index (χ3v) is 3.62. The molecule has 2 heterocycles. The van der Waals surface area contributed by atoms with Crippen molar-refractivity contribution in [3.8, 4) is 0 Å². The molecule has 5 nitrogen and oxygen atoms in total. The van der Waals surface area contributed by atoms with E-state index in [1.54, 1.807) is 6.92 Å². The predicted molar refractivity (Wildman–Crippen MR) is 64.4 cm³/mol. The van der Waals surface area contributed by atoms with E-state index in [1.165, 1.54) is 0 Å². The van der Waals surface area contributed by atoms with E-state index in [2.05, 4.69) is 5.32 Å². The van der Waals surface area contributed by atoms with Crippen LogP contribution in [0.4, 0.5) is 0 Å². The van der Waals surface area contributed by atoms with Crippen LogP contribution >= 0.6 is 0 Å². The van der Waals surface area contributed by atoms with Crippen LogP contribution in [0.3, 0.4) is 0 Å². The molecule has 0 saturated carbocycles. The van der Waals surface area contributed by atoms with Crippen molar-refractivity contribution in [1.29, 1.82) is 0 Å². The molecule has 2 fully saturated rings. The highest BCUT2D eigenvalue weighted by Crippen LogP contribution is 2.12. The predicted octanol–water partition coefficient (Wildman–Crippen LogP) is -0.323. The van der Waals surface area contributed by atoms with Crippen LogP contribution < -0.4 is 5.32 Å². The molecule has 2 saturated heterocycles. The van der Waals surface area contributed by atoms with Gasteiger partial charge in [-0.3, -0.25) is 9.59 Å². The van der Waals surface area contributed by atoms with Crippen LogP contribution in [0.25, 0.3) is 0 Å². The van der Waals surface area contributed by atoms with Crippen molar-refractivity contribution in [3.05, 3.63) is 0 Å². The summed E-state index contributed by atoms with van der Waals surface area (Å²) in [5.74, 6) is 0.888. The lowest BCUT2D eigenvalue weighted by Gasteiger charge is -2.29. The molecule has 0 aromatic rings. The largest absolute Gasteiger partial charge is 0.341 e. The molecular formula is C12H21N3O2. The molecule has 2 aliphatic heterocycles. The first-order valence-electron chi connectivity index (χ1n) is 6.41. The number of hydrogen-bond acceptors (Lipinski definition) is 3. The fraction of sp³-hybridized carbons (Fsp3) is 0.833. The molecule has 0 aromatic heterocycles. The summed E-state index contributed by atoms with van der Waals surface area (Å²) in [5.41, 5.74) is 0. The van der Waals surface area contributed by atoms with Crippen molar-refractivity contribution in [3.63, 3.8) is 0 Å². The lowest BCUT2D eigenvalue weighted by atomic mass is 9.98. The summed E-state index contributed by atoms with van der Waals surface area (Å²) in [6.07, 6.45) is 1.56. The minimum Gasteiger partial charge on any atom is -0.341 e. The molecule has 1 N–H and O–H groups in total. The molecule has 0 bridgehead atoms. The van der Waals surface area contributed by atoms with Crippen LogP contribution in [-0.4, -0.2) is 60.9 Å². The number of rotatable bonds is 2. The zero-order chi connectivity index (χ0) is 12.3. The van der Waals surface area contributed by atoms with Crippen molar-refractivity contribution in [1.82, 2.24) is 15.1 Å². The normalized spacial score (nSPS) is 21.9. The Kier molecular flexibility index (Phi) is 3.99. The summed E-state index contributed by atoms with van der Waals surface area (Å²) >= 11 is 0. The highest BCUT2D eigenvalue weighted by Gasteiger charge is 2.25. The van der Waals surface area contributed by atoms with Crippen LogP contribution in [0.5, 0.6) is 0 Å². The lowest BCUT2D eigenvalue weighted by Crippen LogP contribution is -2.45. The van der Waals surface area contributed by atoms with Crippen molar-refractivity contribution in [2.75, 3.05) is 39.3 Å². The molecule has 2 rings (SSSR count). The van der Waals surface area contributed by atoms with Crippen molar-refractivity contribution in [2.45, 2.75) is 19.8 Å². The Hall–Kier alpha value is -1.10. The van der Waals surface area contributed by atoms with E-state index in [9.17, 15) is 9.59 Å². The summed E-state index contributed by atoms with van der Waals surface area (Å²) in [6, 6.07) is 0. The number of amides is 2. The van der Waals surface area contributed by atoms with Gasteiger partial charge in [0.05, 0.1) is 0 Å². The second-order valence-corrected chi connectivity index (χ2v) is 4.97. The smallest absolute Gasteiger partial charge is 0.223 e. The van der Waals surface area contributed by atoms with Gasteiger partial charge in [0.1, 0.15) is 0 Å². The Bertz CT molecular complexity index is 302. The molecule has 2 aliphatic rings. The summed E-state index contributed by atoms with van der Waals surface area (Å²) in [4.78, 5) is 27.1. The van der Waals surface area contributed by atoms with E-state index < -0.39 is 0 Å². The first-order valence-corrected chi connectivity index (χ1v) is 6.41. The van der Waals surface area contributed by atoms with Gasteiger partial charge in [0, 0.05) is 39.5 Å². The first kappa shape index (κ1) is 12.4. The quantitative estimate of drug-likeness (QED) is 0.718. The maximum Gasteiger partial charge on any atom is 0.223 e. The zero-order valence-electron chi connectivity index (χ0n) is 10.4. The monoisotopic (exact) mass is 239 g/mol. The molecule has 96 valence electrons. The second kappa shape index (κ2) is 5.49. The highest BCUT2D eigenvalue weighted by molar-refractivity contribution is 5.77. The molecule has 2 amide bonds. The Balaban J connectivity index is 1.80. The zero-order valence-corrected chi connectivity index (χ0v) is 10.4.